The summed E-state index contributed by atoms with van der Waals surface area (Å²) < 4.78 is 11.1. The van der Waals surface area contributed by atoms with E-state index in [1.807, 2.05) is 6.92 Å². The van der Waals surface area contributed by atoms with Crippen LogP contribution in [0.25, 0.3) is 0 Å². The zero-order valence-electron chi connectivity index (χ0n) is 17.1. The summed E-state index contributed by atoms with van der Waals surface area (Å²) in [5.74, 6) is -0.143. The molecule has 4 heterocycles. The number of halogens is 1. The SMILES string of the molecule is CCN(CCN1CCOCC1)C(=O)O[C@@H]1c2nccnc2C(=O)N1c1ccc(Cl)cn1. The van der Waals surface area contributed by atoms with Gasteiger partial charge < -0.3 is 14.4 Å². The molecule has 0 N–H and O–H groups in total. The van der Waals surface area contributed by atoms with Gasteiger partial charge in [-0.2, -0.15) is 0 Å². The largest absolute Gasteiger partial charge is 0.419 e. The summed E-state index contributed by atoms with van der Waals surface area (Å²) in [7, 11) is 0. The molecular weight excluding hydrogens is 424 g/mol. The second-order valence-electron chi connectivity index (χ2n) is 7.07. The highest BCUT2D eigenvalue weighted by molar-refractivity contribution is 6.30. The van der Waals surface area contributed by atoms with Gasteiger partial charge in [-0.3, -0.25) is 14.7 Å². The van der Waals surface area contributed by atoms with E-state index in [1.165, 1.54) is 23.5 Å². The predicted molar refractivity (Wildman–Crippen MR) is 112 cm³/mol. The zero-order chi connectivity index (χ0) is 21.8. The number of hydrogen-bond donors (Lipinski definition) is 0. The number of amides is 2. The van der Waals surface area contributed by atoms with Crippen LogP contribution < -0.4 is 4.90 Å². The lowest BCUT2D eigenvalue weighted by atomic mass is 10.3. The molecule has 2 aliphatic rings. The molecule has 1 atom stereocenters. The predicted octanol–water partition coefficient (Wildman–Crippen LogP) is 1.97. The first-order valence-electron chi connectivity index (χ1n) is 10.1. The standard InChI is InChI=1S/C20H23ClN6O4/c1-2-26(8-7-25-9-11-30-12-10-25)20(29)31-19-17-16(22-5-6-23-17)18(28)27(19)15-4-3-14(21)13-24-15/h3-6,13,19H,2,7-12H2,1H3/t19-/m1/s1. The molecule has 2 amide bonds. The Kier molecular flexibility index (Phi) is 6.59. The number of anilines is 1. The number of likely N-dealkylation sites (N-methyl/N-ethyl adjacent to an activating group) is 1. The normalized spacial score (nSPS) is 18.7. The van der Waals surface area contributed by atoms with Gasteiger partial charge in [-0.05, 0) is 19.1 Å². The van der Waals surface area contributed by atoms with E-state index in [9.17, 15) is 9.59 Å². The van der Waals surface area contributed by atoms with Crippen molar-refractivity contribution in [2.24, 2.45) is 0 Å². The van der Waals surface area contributed by atoms with Crippen molar-refractivity contribution in [3.8, 4) is 0 Å². The van der Waals surface area contributed by atoms with Gasteiger partial charge >= 0.3 is 6.09 Å². The van der Waals surface area contributed by atoms with E-state index in [0.717, 1.165) is 19.6 Å². The molecule has 31 heavy (non-hydrogen) atoms. The average molecular weight is 447 g/mol. The number of pyridine rings is 1. The van der Waals surface area contributed by atoms with E-state index in [4.69, 9.17) is 21.1 Å². The monoisotopic (exact) mass is 446 g/mol. The minimum atomic E-state index is -1.06. The Morgan fingerprint density at radius 3 is 2.74 bits per heavy atom. The molecule has 2 aliphatic heterocycles. The molecule has 1 fully saturated rings. The highest BCUT2D eigenvalue weighted by atomic mass is 35.5. The van der Waals surface area contributed by atoms with Crippen LogP contribution in [0.5, 0.6) is 0 Å². The Morgan fingerprint density at radius 1 is 1.26 bits per heavy atom. The molecule has 4 rings (SSSR count). The summed E-state index contributed by atoms with van der Waals surface area (Å²) in [6.45, 7) is 6.63. The molecule has 0 spiro atoms. The first kappa shape index (κ1) is 21.4. The maximum Gasteiger partial charge on any atom is 0.412 e. The molecule has 2 aromatic rings. The molecule has 10 nitrogen and oxygen atoms in total. The molecule has 0 radical (unpaired) electrons. The number of rotatable bonds is 6. The molecule has 0 bridgehead atoms. The van der Waals surface area contributed by atoms with Gasteiger partial charge in [0, 0.05) is 51.3 Å². The van der Waals surface area contributed by atoms with Crippen LogP contribution in [-0.4, -0.2) is 82.7 Å². The van der Waals surface area contributed by atoms with Crippen LogP contribution in [0.3, 0.4) is 0 Å². The van der Waals surface area contributed by atoms with E-state index in [2.05, 4.69) is 19.9 Å². The maximum atomic E-state index is 13.0. The van der Waals surface area contributed by atoms with Crippen LogP contribution in [0.15, 0.2) is 30.7 Å². The lowest BCUT2D eigenvalue weighted by Crippen LogP contribution is -2.44. The Hall–Kier alpha value is -2.82. The quantitative estimate of drug-likeness (QED) is 0.663. The van der Waals surface area contributed by atoms with Crippen molar-refractivity contribution in [3.63, 3.8) is 0 Å². The van der Waals surface area contributed by atoms with Gasteiger partial charge in [0.15, 0.2) is 5.69 Å². The third-order valence-corrected chi connectivity index (χ3v) is 5.44. The average Bonchev–Trinajstić information content (AvgIpc) is 3.07. The summed E-state index contributed by atoms with van der Waals surface area (Å²) >= 11 is 5.93. The fourth-order valence-corrected chi connectivity index (χ4v) is 3.63. The molecule has 0 aliphatic carbocycles. The van der Waals surface area contributed by atoms with Crippen LogP contribution in [0, 0.1) is 0 Å². The van der Waals surface area contributed by atoms with Crippen molar-refractivity contribution < 1.29 is 19.1 Å². The zero-order valence-corrected chi connectivity index (χ0v) is 17.9. The second kappa shape index (κ2) is 9.54. The Morgan fingerprint density at radius 2 is 2.03 bits per heavy atom. The van der Waals surface area contributed by atoms with Crippen LogP contribution in [0.2, 0.25) is 5.02 Å². The van der Waals surface area contributed by atoms with Crippen LogP contribution in [0.1, 0.15) is 29.3 Å². The number of morpholine rings is 1. The van der Waals surface area contributed by atoms with E-state index >= 15 is 0 Å². The minimum Gasteiger partial charge on any atom is -0.419 e. The number of nitrogens with zero attached hydrogens (tertiary/aromatic N) is 6. The van der Waals surface area contributed by atoms with E-state index < -0.39 is 18.2 Å². The van der Waals surface area contributed by atoms with E-state index in [1.54, 1.807) is 17.0 Å². The minimum absolute atomic E-state index is 0.133. The third-order valence-electron chi connectivity index (χ3n) is 5.22. The summed E-state index contributed by atoms with van der Waals surface area (Å²) in [5, 5.41) is 0.429. The van der Waals surface area contributed by atoms with Crippen molar-refractivity contribution >= 4 is 29.4 Å². The molecule has 0 saturated carbocycles. The van der Waals surface area contributed by atoms with E-state index in [-0.39, 0.29) is 11.4 Å². The first-order chi connectivity index (χ1) is 15.1. The number of ether oxygens (including phenoxy) is 2. The number of aromatic nitrogens is 3. The van der Waals surface area contributed by atoms with Crippen LogP contribution in [-0.2, 0) is 9.47 Å². The Bertz CT molecular complexity index is 938. The smallest absolute Gasteiger partial charge is 0.412 e. The van der Waals surface area contributed by atoms with Gasteiger partial charge in [0.2, 0.25) is 6.23 Å². The number of carbonyl (C=O) groups is 2. The summed E-state index contributed by atoms with van der Waals surface area (Å²) in [6.07, 6.45) is 2.71. The lowest BCUT2D eigenvalue weighted by Gasteiger charge is -2.30. The lowest BCUT2D eigenvalue weighted by molar-refractivity contribution is 0.0287. The van der Waals surface area contributed by atoms with Gasteiger partial charge in [0.1, 0.15) is 11.5 Å². The van der Waals surface area contributed by atoms with Crippen molar-refractivity contribution in [1.29, 1.82) is 0 Å². The molecule has 2 aromatic heterocycles. The molecule has 0 unspecified atom stereocenters. The van der Waals surface area contributed by atoms with Crippen LogP contribution >= 0.6 is 11.6 Å². The van der Waals surface area contributed by atoms with Crippen LogP contribution in [0.4, 0.5) is 10.6 Å². The first-order valence-corrected chi connectivity index (χ1v) is 10.5. The second-order valence-corrected chi connectivity index (χ2v) is 7.51. The maximum absolute atomic E-state index is 13.0. The number of carbonyl (C=O) groups excluding carboxylic acids is 2. The van der Waals surface area contributed by atoms with Crippen molar-refractivity contribution in [2.75, 3.05) is 50.8 Å². The highest BCUT2D eigenvalue weighted by Gasteiger charge is 2.44. The topological polar surface area (TPSA) is 101 Å². The van der Waals surface area contributed by atoms with E-state index in [0.29, 0.717) is 37.1 Å². The van der Waals surface area contributed by atoms with Gasteiger partial charge in [0.25, 0.3) is 5.91 Å². The molecule has 164 valence electrons. The summed E-state index contributed by atoms with van der Waals surface area (Å²) in [4.78, 5) is 43.6. The van der Waals surface area contributed by atoms with Gasteiger partial charge in [-0.25, -0.2) is 19.7 Å². The Balaban J connectivity index is 1.52. The number of fused-ring (bicyclic) bond motifs is 1. The summed E-state index contributed by atoms with van der Waals surface area (Å²) in [6, 6.07) is 3.20. The van der Waals surface area contributed by atoms with Crippen molar-refractivity contribution in [2.45, 2.75) is 13.2 Å². The van der Waals surface area contributed by atoms with Gasteiger partial charge in [0.05, 0.1) is 18.2 Å². The highest BCUT2D eigenvalue weighted by Crippen LogP contribution is 2.35. The van der Waals surface area contributed by atoms with Gasteiger partial charge in [-0.15, -0.1) is 0 Å². The van der Waals surface area contributed by atoms with Crippen molar-refractivity contribution in [1.82, 2.24) is 24.8 Å². The third kappa shape index (κ3) is 4.60. The molecular formula is C20H23ClN6O4. The fraction of sp³-hybridized carbons (Fsp3) is 0.450. The fourth-order valence-electron chi connectivity index (χ4n) is 3.52. The number of hydrogen-bond acceptors (Lipinski definition) is 8. The van der Waals surface area contributed by atoms with Gasteiger partial charge in [-0.1, -0.05) is 11.6 Å². The molecule has 0 aromatic carbocycles. The summed E-state index contributed by atoms with van der Waals surface area (Å²) in [5.41, 5.74) is 0.412. The van der Waals surface area contributed by atoms with Crippen molar-refractivity contribution in [3.05, 3.63) is 47.1 Å². The molecule has 11 heteroatoms. The molecule has 1 saturated heterocycles. The Labute approximate surface area is 184 Å².